The Kier molecular flexibility index (Phi) is 5.74. The average molecular weight is 321 g/mol. The fraction of sp³-hybridized carbons (Fsp3) is 0.500. The van der Waals surface area contributed by atoms with E-state index in [0.29, 0.717) is 19.7 Å². The van der Waals surface area contributed by atoms with Gasteiger partial charge in [-0.15, -0.1) is 0 Å². The summed E-state index contributed by atoms with van der Waals surface area (Å²) >= 11 is 1.63. The van der Waals surface area contributed by atoms with Gasteiger partial charge in [-0.1, -0.05) is 23.5 Å². The first-order chi connectivity index (χ1) is 10.5. The van der Waals surface area contributed by atoms with Crippen LogP contribution in [0, 0.1) is 13.8 Å². The zero-order chi connectivity index (χ0) is 16.1. The third-order valence-corrected chi connectivity index (χ3v) is 4.79. The molecule has 0 saturated carbocycles. The van der Waals surface area contributed by atoms with E-state index in [9.17, 15) is 4.79 Å². The molecule has 6 heteroatoms. The van der Waals surface area contributed by atoms with Crippen molar-refractivity contribution in [3.8, 4) is 0 Å². The number of hydrogen-bond acceptors (Lipinski definition) is 5. The van der Waals surface area contributed by atoms with Crippen LogP contribution in [0.25, 0.3) is 10.2 Å². The summed E-state index contributed by atoms with van der Waals surface area (Å²) in [6, 6.07) is 4.20. The summed E-state index contributed by atoms with van der Waals surface area (Å²) in [6.45, 7) is 5.76. The number of aryl methyl sites for hydroxylation is 2. The molecule has 1 aromatic carbocycles. The normalized spacial score (nSPS) is 10.9. The van der Waals surface area contributed by atoms with Crippen molar-refractivity contribution in [1.29, 1.82) is 0 Å². The summed E-state index contributed by atoms with van der Waals surface area (Å²) in [5.74, 6) is 0.00584. The van der Waals surface area contributed by atoms with Gasteiger partial charge in [-0.2, -0.15) is 0 Å². The summed E-state index contributed by atoms with van der Waals surface area (Å²) in [5.41, 5.74) is 3.43. The molecule has 0 aliphatic heterocycles. The molecule has 0 spiro atoms. The molecule has 0 unspecified atom stereocenters. The van der Waals surface area contributed by atoms with Gasteiger partial charge in [0.25, 0.3) is 0 Å². The van der Waals surface area contributed by atoms with E-state index in [1.54, 1.807) is 18.4 Å². The van der Waals surface area contributed by atoms with Gasteiger partial charge in [-0.3, -0.25) is 4.79 Å². The van der Waals surface area contributed by atoms with E-state index in [1.165, 1.54) is 15.8 Å². The first-order valence-electron chi connectivity index (χ1n) is 7.36. The highest BCUT2D eigenvalue weighted by atomic mass is 32.1. The van der Waals surface area contributed by atoms with Gasteiger partial charge in [0.2, 0.25) is 5.91 Å². The number of aromatic nitrogens is 1. The summed E-state index contributed by atoms with van der Waals surface area (Å²) in [5, 5.41) is 3.77. The van der Waals surface area contributed by atoms with Crippen molar-refractivity contribution >= 4 is 32.6 Å². The lowest BCUT2D eigenvalue weighted by Crippen LogP contribution is -2.35. The Morgan fingerprint density at radius 3 is 2.77 bits per heavy atom. The van der Waals surface area contributed by atoms with E-state index < -0.39 is 0 Å². The predicted molar refractivity (Wildman–Crippen MR) is 91.9 cm³/mol. The van der Waals surface area contributed by atoms with Gasteiger partial charge < -0.3 is 15.0 Å². The topological polar surface area (TPSA) is 54.5 Å². The lowest BCUT2D eigenvalue weighted by molar-refractivity contribution is -0.119. The molecule has 1 heterocycles. The molecule has 0 aliphatic carbocycles. The number of thiazole rings is 1. The van der Waals surface area contributed by atoms with E-state index in [-0.39, 0.29) is 5.91 Å². The molecular formula is C16H23N3O2S. The van der Waals surface area contributed by atoms with E-state index in [0.717, 1.165) is 17.1 Å². The van der Waals surface area contributed by atoms with E-state index >= 15 is 0 Å². The Morgan fingerprint density at radius 1 is 1.36 bits per heavy atom. The van der Waals surface area contributed by atoms with Crippen LogP contribution in [-0.2, 0) is 9.53 Å². The maximum absolute atomic E-state index is 11.9. The van der Waals surface area contributed by atoms with Gasteiger partial charge in [-0.25, -0.2) is 4.98 Å². The second-order valence-electron chi connectivity index (χ2n) is 5.43. The molecule has 1 N–H and O–H groups in total. The van der Waals surface area contributed by atoms with Crippen molar-refractivity contribution in [1.82, 2.24) is 10.3 Å². The van der Waals surface area contributed by atoms with Gasteiger partial charge in [0.05, 0.1) is 16.8 Å². The molecule has 2 rings (SSSR count). The number of methoxy groups -OCH3 is 1. The SMILES string of the molecule is COCCCNC(=O)CN(C)c1nc2c(C)ccc(C)c2s1. The number of carbonyl (C=O) groups is 1. The highest BCUT2D eigenvalue weighted by Gasteiger charge is 2.14. The van der Waals surface area contributed by atoms with Crippen LogP contribution < -0.4 is 10.2 Å². The van der Waals surface area contributed by atoms with Crippen molar-refractivity contribution < 1.29 is 9.53 Å². The maximum atomic E-state index is 11.9. The minimum Gasteiger partial charge on any atom is -0.385 e. The first kappa shape index (κ1) is 16.7. The van der Waals surface area contributed by atoms with Gasteiger partial charge in [0.15, 0.2) is 5.13 Å². The van der Waals surface area contributed by atoms with Gasteiger partial charge >= 0.3 is 0 Å². The number of anilines is 1. The molecule has 0 fully saturated rings. The Morgan fingerprint density at radius 2 is 2.09 bits per heavy atom. The highest BCUT2D eigenvalue weighted by Crippen LogP contribution is 2.32. The average Bonchev–Trinajstić information content (AvgIpc) is 2.94. The molecular weight excluding hydrogens is 298 g/mol. The van der Waals surface area contributed by atoms with Crippen LogP contribution in [0.4, 0.5) is 5.13 Å². The molecule has 120 valence electrons. The molecule has 22 heavy (non-hydrogen) atoms. The zero-order valence-electron chi connectivity index (χ0n) is 13.6. The molecule has 0 radical (unpaired) electrons. The highest BCUT2D eigenvalue weighted by molar-refractivity contribution is 7.22. The van der Waals surface area contributed by atoms with Gasteiger partial charge in [-0.05, 0) is 31.4 Å². The smallest absolute Gasteiger partial charge is 0.239 e. The standard InChI is InChI=1S/C16H23N3O2S/c1-11-6-7-12(2)15-14(11)18-16(22-15)19(3)10-13(20)17-8-5-9-21-4/h6-7H,5,8-10H2,1-4H3,(H,17,20). The van der Waals surface area contributed by atoms with E-state index in [2.05, 4.69) is 36.3 Å². The van der Waals surface area contributed by atoms with Crippen molar-refractivity contribution in [2.75, 3.05) is 38.8 Å². The van der Waals surface area contributed by atoms with Crippen LogP contribution in [0.15, 0.2) is 12.1 Å². The number of carbonyl (C=O) groups excluding carboxylic acids is 1. The Hall–Kier alpha value is -1.66. The molecule has 0 saturated heterocycles. The summed E-state index contributed by atoms with van der Waals surface area (Å²) in [4.78, 5) is 18.5. The minimum atomic E-state index is 0.00584. The molecule has 5 nitrogen and oxygen atoms in total. The third kappa shape index (κ3) is 3.96. The van der Waals surface area contributed by atoms with Crippen molar-refractivity contribution in [2.45, 2.75) is 20.3 Å². The number of rotatable bonds is 7. The van der Waals surface area contributed by atoms with Crippen molar-refractivity contribution in [3.63, 3.8) is 0 Å². The summed E-state index contributed by atoms with van der Waals surface area (Å²) in [6.07, 6.45) is 0.825. The number of fused-ring (bicyclic) bond motifs is 1. The lowest BCUT2D eigenvalue weighted by atomic mass is 10.1. The van der Waals surface area contributed by atoms with Gasteiger partial charge in [0.1, 0.15) is 0 Å². The fourth-order valence-electron chi connectivity index (χ4n) is 2.19. The second kappa shape index (κ2) is 7.56. The number of nitrogens with one attached hydrogen (secondary N) is 1. The van der Waals surface area contributed by atoms with Crippen LogP contribution in [0.5, 0.6) is 0 Å². The molecule has 0 atom stereocenters. The van der Waals surface area contributed by atoms with Gasteiger partial charge in [0, 0.05) is 27.3 Å². The minimum absolute atomic E-state index is 0.00584. The number of benzene rings is 1. The maximum Gasteiger partial charge on any atom is 0.239 e. The van der Waals surface area contributed by atoms with Crippen LogP contribution in [0.3, 0.4) is 0 Å². The van der Waals surface area contributed by atoms with E-state index in [1.807, 2.05) is 11.9 Å². The molecule has 0 bridgehead atoms. The van der Waals surface area contributed by atoms with Crippen LogP contribution in [-0.4, -0.2) is 44.7 Å². The zero-order valence-corrected chi connectivity index (χ0v) is 14.4. The Bertz CT molecular complexity index is 615. The number of ether oxygens (including phenoxy) is 1. The molecule has 0 aliphatic rings. The molecule has 1 amide bonds. The number of hydrogen-bond donors (Lipinski definition) is 1. The fourth-order valence-corrected chi connectivity index (χ4v) is 3.27. The monoisotopic (exact) mass is 321 g/mol. The third-order valence-electron chi connectivity index (χ3n) is 3.49. The largest absolute Gasteiger partial charge is 0.385 e. The summed E-state index contributed by atoms with van der Waals surface area (Å²) < 4.78 is 6.16. The summed E-state index contributed by atoms with van der Waals surface area (Å²) in [7, 11) is 3.56. The quantitative estimate of drug-likeness (QED) is 0.796. The van der Waals surface area contributed by atoms with Crippen LogP contribution >= 0.6 is 11.3 Å². The lowest BCUT2D eigenvalue weighted by Gasteiger charge is -2.15. The Labute approximate surface area is 135 Å². The van der Waals surface area contributed by atoms with E-state index in [4.69, 9.17) is 4.74 Å². The van der Waals surface area contributed by atoms with Crippen molar-refractivity contribution in [3.05, 3.63) is 23.3 Å². The van der Waals surface area contributed by atoms with Crippen molar-refractivity contribution in [2.24, 2.45) is 0 Å². The predicted octanol–water partition coefficient (Wildman–Crippen LogP) is 2.50. The number of amides is 1. The second-order valence-corrected chi connectivity index (χ2v) is 6.40. The van der Waals surface area contributed by atoms with Crippen LogP contribution in [0.2, 0.25) is 0 Å². The first-order valence-corrected chi connectivity index (χ1v) is 8.18. The van der Waals surface area contributed by atoms with Crippen LogP contribution in [0.1, 0.15) is 17.5 Å². The Balaban J connectivity index is 2.01. The molecule has 2 aromatic rings. The molecule has 1 aromatic heterocycles. The number of likely N-dealkylation sites (N-methyl/N-ethyl adjacent to an activating group) is 1. The number of nitrogens with zero attached hydrogens (tertiary/aromatic N) is 2.